The number of nitrogens with one attached hydrogen (secondary N) is 1. The molecule has 0 saturated heterocycles. The van der Waals surface area contributed by atoms with Gasteiger partial charge >= 0.3 is 0 Å². The summed E-state index contributed by atoms with van der Waals surface area (Å²) in [7, 11) is 0. The molecule has 2 aromatic carbocycles. The Bertz CT molecular complexity index is 863. The standard InChI is InChI=1S/C16H11N3/c1-2-4-13-10-15-14(9-12(13)3-1)16(19-18-15)11-5-7-17-8-6-11/h1-10H,(H,18,19). The van der Waals surface area contributed by atoms with Crippen molar-refractivity contribution >= 4 is 21.7 Å². The van der Waals surface area contributed by atoms with Gasteiger partial charge in [0.2, 0.25) is 0 Å². The van der Waals surface area contributed by atoms with Gasteiger partial charge in [-0.1, -0.05) is 24.3 Å². The highest BCUT2D eigenvalue weighted by molar-refractivity contribution is 6.02. The fraction of sp³-hybridized carbons (Fsp3) is 0. The number of H-pyrrole nitrogens is 1. The van der Waals surface area contributed by atoms with Crippen molar-refractivity contribution in [3.05, 3.63) is 60.9 Å². The summed E-state index contributed by atoms with van der Waals surface area (Å²) in [6, 6.07) is 16.6. The quantitative estimate of drug-likeness (QED) is 0.554. The summed E-state index contributed by atoms with van der Waals surface area (Å²) < 4.78 is 0. The average Bonchev–Trinajstić information content (AvgIpc) is 2.88. The first-order valence-electron chi connectivity index (χ1n) is 6.19. The Morgan fingerprint density at radius 3 is 2.37 bits per heavy atom. The van der Waals surface area contributed by atoms with Crippen LogP contribution in [0.2, 0.25) is 0 Å². The number of pyridine rings is 1. The Labute approximate surface area is 109 Å². The summed E-state index contributed by atoms with van der Waals surface area (Å²) in [6.07, 6.45) is 3.58. The molecule has 4 rings (SSSR count). The van der Waals surface area contributed by atoms with Crippen LogP contribution in [-0.4, -0.2) is 15.2 Å². The lowest BCUT2D eigenvalue weighted by Gasteiger charge is -1.99. The van der Waals surface area contributed by atoms with Gasteiger partial charge in [-0.2, -0.15) is 5.10 Å². The van der Waals surface area contributed by atoms with Crippen LogP contribution in [0.4, 0.5) is 0 Å². The smallest absolute Gasteiger partial charge is 0.100 e. The second kappa shape index (κ2) is 3.92. The maximum Gasteiger partial charge on any atom is 0.100 e. The van der Waals surface area contributed by atoms with Crippen LogP contribution in [0.3, 0.4) is 0 Å². The van der Waals surface area contributed by atoms with Gasteiger partial charge in [0.15, 0.2) is 0 Å². The fourth-order valence-electron chi connectivity index (χ4n) is 2.43. The Morgan fingerprint density at radius 1 is 0.842 bits per heavy atom. The largest absolute Gasteiger partial charge is 0.277 e. The number of rotatable bonds is 1. The number of benzene rings is 2. The minimum Gasteiger partial charge on any atom is -0.277 e. The van der Waals surface area contributed by atoms with Crippen molar-refractivity contribution < 1.29 is 0 Å². The molecule has 0 atom stereocenters. The second-order valence-corrected chi connectivity index (χ2v) is 4.55. The first-order valence-corrected chi connectivity index (χ1v) is 6.19. The molecule has 0 aliphatic heterocycles. The van der Waals surface area contributed by atoms with Crippen LogP contribution in [0.1, 0.15) is 0 Å². The van der Waals surface area contributed by atoms with Crippen LogP contribution < -0.4 is 0 Å². The van der Waals surface area contributed by atoms with Crippen molar-refractivity contribution in [3.63, 3.8) is 0 Å². The first-order chi connectivity index (χ1) is 9.42. The van der Waals surface area contributed by atoms with Crippen LogP contribution in [0.15, 0.2) is 60.9 Å². The summed E-state index contributed by atoms with van der Waals surface area (Å²) in [4.78, 5) is 4.05. The number of aromatic amines is 1. The van der Waals surface area contributed by atoms with Gasteiger partial charge in [0.05, 0.1) is 5.52 Å². The zero-order valence-electron chi connectivity index (χ0n) is 10.2. The highest BCUT2D eigenvalue weighted by Gasteiger charge is 2.08. The number of nitrogens with zero attached hydrogens (tertiary/aromatic N) is 2. The van der Waals surface area contributed by atoms with Crippen molar-refractivity contribution in [3.8, 4) is 11.3 Å². The number of hydrogen-bond donors (Lipinski definition) is 1. The van der Waals surface area contributed by atoms with E-state index in [4.69, 9.17) is 0 Å². The molecule has 0 radical (unpaired) electrons. The van der Waals surface area contributed by atoms with E-state index >= 15 is 0 Å². The van der Waals surface area contributed by atoms with E-state index in [1.54, 1.807) is 12.4 Å². The van der Waals surface area contributed by atoms with Gasteiger partial charge in [0.1, 0.15) is 5.69 Å². The predicted molar refractivity (Wildman–Crippen MR) is 76.8 cm³/mol. The molecule has 0 saturated carbocycles. The summed E-state index contributed by atoms with van der Waals surface area (Å²) in [6.45, 7) is 0. The van der Waals surface area contributed by atoms with Crippen LogP contribution in [0.25, 0.3) is 32.9 Å². The minimum absolute atomic E-state index is 0.975. The maximum absolute atomic E-state index is 4.44. The van der Waals surface area contributed by atoms with E-state index in [2.05, 4.69) is 45.5 Å². The SMILES string of the molecule is c1ccc2cc3c(-c4ccncc4)n[nH]c3cc2c1. The maximum atomic E-state index is 4.44. The molecule has 3 heteroatoms. The van der Waals surface area contributed by atoms with Crippen molar-refractivity contribution in [2.45, 2.75) is 0 Å². The van der Waals surface area contributed by atoms with Crippen molar-refractivity contribution in [1.29, 1.82) is 0 Å². The van der Waals surface area contributed by atoms with E-state index in [1.165, 1.54) is 10.8 Å². The summed E-state index contributed by atoms with van der Waals surface area (Å²) >= 11 is 0. The van der Waals surface area contributed by atoms with Crippen LogP contribution in [-0.2, 0) is 0 Å². The third-order valence-corrected chi connectivity index (χ3v) is 3.38. The molecule has 90 valence electrons. The zero-order valence-corrected chi connectivity index (χ0v) is 10.2. The summed E-state index contributed by atoms with van der Waals surface area (Å²) in [5.41, 5.74) is 3.12. The molecule has 4 aromatic rings. The average molecular weight is 245 g/mol. The fourth-order valence-corrected chi connectivity index (χ4v) is 2.43. The van der Waals surface area contributed by atoms with Crippen LogP contribution >= 0.6 is 0 Å². The third-order valence-electron chi connectivity index (χ3n) is 3.38. The summed E-state index contributed by atoms with van der Waals surface area (Å²) in [5.74, 6) is 0. The molecule has 0 amide bonds. The molecule has 3 nitrogen and oxygen atoms in total. The molecule has 0 bridgehead atoms. The van der Waals surface area contributed by atoms with E-state index < -0.39 is 0 Å². The van der Waals surface area contributed by atoms with Crippen LogP contribution in [0, 0.1) is 0 Å². The molecule has 0 aliphatic carbocycles. The highest BCUT2D eigenvalue weighted by atomic mass is 15.1. The highest BCUT2D eigenvalue weighted by Crippen LogP contribution is 2.29. The molecule has 19 heavy (non-hydrogen) atoms. The number of aromatic nitrogens is 3. The van der Waals surface area contributed by atoms with Gasteiger partial charge in [0.25, 0.3) is 0 Å². The van der Waals surface area contributed by atoms with E-state index in [1.807, 2.05) is 18.2 Å². The van der Waals surface area contributed by atoms with Gasteiger partial charge in [-0.25, -0.2) is 0 Å². The second-order valence-electron chi connectivity index (χ2n) is 4.55. The molecule has 0 unspecified atom stereocenters. The van der Waals surface area contributed by atoms with Crippen LogP contribution in [0.5, 0.6) is 0 Å². The number of hydrogen-bond acceptors (Lipinski definition) is 2. The number of fused-ring (bicyclic) bond motifs is 2. The monoisotopic (exact) mass is 245 g/mol. The normalized spacial score (nSPS) is 11.2. The van der Waals surface area contributed by atoms with Gasteiger partial charge < -0.3 is 0 Å². The van der Waals surface area contributed by atoms with Gasteiger partial charge in [-0.05, 0) is 35.0 Å². The molecular weight excluding hydrogens is 234 g/mol. The third kappa shape index (κ3) is 1.59. The lowest BCUT2D eigenvalue weighted by atomic mass is 10.0. The Hall–Kier alpha value is -2.68. The molecule has 0 spiro atoms. The van der Waals surface area contributed by atoms with Gasteiger partial charge in [0, 0.05) is 23.3 Å². The van der Waals surface area contributed by atoms with Gasteiger partial charge in [-0.3, -0.25) is 10.1 Å². The van der Waals surface area contributed by atoms with E-state index in [9.17, 15) is 0 Å². The lowest BCUT2D eigenvalue weighted by molar-refractivity contribution is 1.12. The molecule has 1 N–H and O–H groups in total. The topological polar surface area (TPSA) is 41.6 Å². The summed E-state index contributed by atoms with van der Waals surface area (Å²) in [5, 5.41) is 11.1. The molecular formula is C16H11N3. The van der Waals surface area contributed by atoms with Crippen molar-refractivity contribution in [2.24, 2.45) is 0 Å². The van der Waals surface area contributed by atoms with Crippen molar-refractivity contribution in [2.75, 3.05) is 0 Å². The Balaban J connectivity index is 2.05. The Morgan fingerprint density at radius 2 is 1.58 bits per heavy atom. The molecule has 2 heterocycles. The zero-order chi connectivity index (χ0) is 12.7. The first kappa shape index (κ1) is 10.3. The van der Waals surface area contributed by atoms with E-state index in [0.717, 1.165) is 22.2 Å². The van der Waals surface area contributed by atoms with Crippen molar-refractivity contribution in [1.82, 2.24) is 15.2 Å². The molecule has 0 aliphatic rings. The van der Waals surface area contributed by atoms with E-state index in [-0.39, 0.29) is 0 Å². The van der Waals surface area contributed by atoms with E-state index in [0.29, 0.717) is 0 Å². The lowest BCUT2D eigenvalue weighted by Crippen LogP contribution is -1.79. The minimum atomic E-state index is 0.975. The Kier molecular flexibility index (Phi) is 2.12. The predicted octanol–water partition coefficient (Wildman–Crippen LogP) is 3.78. The van der Waals surface area contributed by atoms with Gasteiger partial charge in [-0.15, -0.1) is 0 Å². The molecule has 2 aromatic heterocycles. The molecule has 0 fully saturated rings.